The summed E-state index contributed by atoms with van der Waals surface area (Å²) in [5.41, 5.74) is 0. The molecule has 0 bridgehead atoms. The maximum atomic E-state index is 12.6. The van der Waals surface area contributed by atoms with Crippen LogP contribution in [0.2, 0.25) is 0 Å². The van der Waals surface area contributed by atoms with Gasteiger partial charge in [0.25, 0.3) is 0 Å². The molecule has 2 fully saturated rings. The van der Waals surface area contributed by atoms with Gasteiger partial charge in [0, 0.05) is 18.5 Å². The predicted octanol–water partition coefficient (Wildman–Crippen LogP) is 2.86. The zero-order valence-electron chi connectivity index (χ0n) is 13.6. The number of carbonyl (C=O) groups excluding carboxylic acids is 2. The van der Waals surface area contributed by atoms with Gasteiger partial charge in [-0.3, -0.25) is 9.59 Å². The summed E-state index contributed by atoms with van der Waals surface area (Å²) >= 11 is 0. The molecule has 21 heavy (non-hydrogen) atoms. The quantitative estimate of drug-likeness (QED) is 0.847. The zero-order chi connectivity index (χ0) is 15.2. The fraction of sp³-hybridized carbons (Fsp3) is 0.882. The molecule has 0 aromatic heterocycles. The summed E-state index contributed by atoms with van der Waals surface area (Å²) in [7, 11) is 0. The number of nitrogens with one attached hydrogen (secondary N) is 1. The molecule has 0 spiro atoms. The summed E-state index contributed by atoms with van der Waals surface area (Å²) in [5, 5.41) is 3.19. The zero-order valence-corrected chi connectivity index (χ0v) is 13.6. The van der Waals surface area contributed by atoms with Crippen molar-refractivity contribution in [2.24, 2.45) is 5.92 Å². The van der Waals surface area contributed by atoms with Gasteiger partial charge in [0.2, 0.25) is 11.8 Å². The number of hydrogen-bond donors (Lipinski definition) is 1. The summed E-state index contributed by atoms with van der Waals surface area (Å²) in [6.07, 6.45) is 9.41. The normalized spacial score (nSPS) is 23.6. The Kier molecular flexibility index (Phi) is 6.07. The highest BCUT2D eigenvalue weighted by Gasteiger charge is 2.36. The molecule has 0 aromatic carbocycles. The summed E-state index contributed by atoms with van der Waals surface area (Å²) < 4.78 is 0. The summed E-state index contributed by atoms with van der Waals surface area (Å²) in [4.78, 5) is 26.9. The Labute approximate surface area is 128 Å². The largest absolute Gasteiger partial charge is 0.352 e. The number of amides is 2. The second kappa shape index (κ2) is 7.81. The van der Waals surface area contributed by atoms with Gasteiger partial charge >= 0.3 is 0 Å². The monoisotopic (exact) mass is 294 g/mol. The van der Waals surface area contributed by atoms with Gasteiger partial charge < -0.3 is 10.2 Å². The molecule has 1 atom stereocenters. The van der Waals surface area contributed by atoms with Crippen molar-refractivity contribution in [3.63, 3.8) is 0 Å². The lowest BCUT2D eigenvalue weighted by Crippen LogP contribution is -2.50. The summed E-state index contributed by atoms with van der Waals surface area (Å²) in [6.45, 7) is 4.86. The van der Waals surface area contributed by atoms with Gasteiger partial charge in [0.15, 0.2) is 0 Å². The molecule has 2 amide bonds. The van der Waals surface area contributed by atoms with E-state index in [1.54, 1.807) is 0 Å². The molecule has 1 aliphatic heterocycles. The molecule has 2 aliphatic rings. The van der Waals surface area contributed by atoms with Crippen molar-refractivity contribution in [3.05, 3.63) is 0 Å². The number of carbonyl (C=O) groups is 2. The topological polar surface area (TPSA) is 49.4 Å². The Balaban J connectivity index is 1.93. The third kappa shape index (κ3) is 3.98. The van der Waals surface area contributed by atoms with E-state index in [0.29, 0.717) is 6.04 Å². The second-order valence-electron chi connectivity index (χ2n) is 6.55. The van der Waals surface area contributed by atoms with Crippen LogP contribution in [0.1, 0.15) is 71.6 Å². The molecule has 120 valence electrons. The third-order valence-corrected chi connectivity index (χ3v) is 5.12. The second-order valence-corrected chi connectivity index (χ2v) is 6.55. The van der Waals surface area contributed by atoms with Crippen LogP contribution in [0, 0.1) is 5.92 Å². The van der Waals surface area contributed by atoms with Gasteiger partial charge in [-0.2, -0.15) is 0 Å². The molecule has 1 saturated carbocycles. The lowest BCUT2D eigenvalue weighted by Gasteiger charge is -2.30. The van der Waals surface area contributed by atoms with Crippen molar-refractivity contribution in [3.8, 4) is 0 Å². The minimum atomic E-state index is -0.222. The van der Waals surface area contributed by atoms with Crippen molar-refractivity contribution in [1.82, 2.24) is 10.2 Å². The molecular weight excluding hydrogens is 264 g/mol. The van der Waals surface area contributed by atoms with E-state index in [9.17, 15) is 9.59 Å². The van der Waals surface area contributed by atoms with E-state index in [1.807, 2.05) is 4.90 Å². The number of likely N-dealkylation sites (tertiary alicyclic amines) is 1. The smallest absolute Gasteiger partial charge is 0.243 e. The van der Waals surface area contributed by atoms with E-state index < -0.39 is 0 Å². The van der Waals surface area contributed by atoms with Gasteiger partial charge in [-0.15, -0.1) is 0 Å². The first-order valence-electron chi connectivity index (χ1n) is 8.78. The SMILES string of the molecule is CCC(CC)C(=O)N1CCC[C@H]1C(=O)NC1CCCCC1. The van der Waals surface area contributed by atoms with Gasteiger partial charge in [0.05, 0.1) is 0 Å². The Morgan fingerprint density at radius 1 is 1.05 bits per heavy atom. The molecule has 1 heterocycles. The minimum Gasteiger partial charge on any atom is -0.352 e. The molecule has 0 aromatic rings. The number of hydrogen-bond acceptors (Lipinski definition) is 2. The van der Waals surface area contributed by atoms with Gasteiger partial charge in [-0.25, -0.2) is 0 Å². The van der Waals surface area contributed by atoms with Crippen molar-refractivity contribution < 1.29 is 9.59 Å². The predicted molar refractivity (Wildman–Crippen MR) is 83.8 cm³/mol. The van der Waals surface area contributed by atoms with Crippen molar-refractivity contribution in [2.45, 2.75) is 83.7 Å². The third-order valence-electron chi connectivity index (χ3n) is 5.12. The van der Waals surface area contributed by atoms with Crippen LogP contribution in [0.15, 0.2) is 0 Å². The highest BCUT2D eigenvalue weighted by Crippen LogP contribution is 2.24. The van der Waals surface area contributed by atoms with E-state index in [2.05, 4.69) is 19.2 Å². The Hall–Kier alpha value is -1.06. The number of rotatable bonds is 5. The van der Waals surface area contributed by atoms with Crippen molar-refractivity contribution in [1.29, 1.82) is 0 Å². The molecule has 1 saturated heterocycles. The van der Waals surface area contributed by atoms with E-state index in [-0.39, 0.29) is 23.8 Å². The van der Waals surface area contributed by atoms with Crippen LogP contribution >= 0.6 is 0 Å². The first-order valence-corrected chi connectivity index (χ1v) is 8.78. The molecule has 4 heteroatoms. The van der Waals surface area contributed by atoms with E-state index in [4.69, 9.17) is 0 Å². The van der Waals surface area contributed by atoms with Gasteiger partial charge in [-0.05, 0) is 38.5 Å². The molecule has 0 unspecified atom stereocenters. The Morgan fingerprint density at radius 3 is 2.33 bits per heavy atom. The first kappa shape index (κ1) is 16.3. The molecule has 0 radical (unpaired) electrons. The van der Waals surface area contributed by atoms with Crippen LogP contribution in [0.25, 0.3) is 0 Å². The average Bonchev–Trinajstić information content (AvgIpc) is 2.99. The number of nitrogens with zero attached hydrogens (tertiary/aromatic N) is 1. The molecule has 1 aliphatic carbocycles. The van der Waals surface area contributed by atoms with Crippen molar-refractivity contribution >= 4 is 11.8 Å². The fourth-order valence-electron chi connectivity index (χ4n) is 3.72. The highest BCUT2D eigenvalue weighted by atomic mass is 16.2. The Morgan fingerprint density at radius 2 is 1.71 bits per heavy atom. The molecular formula is C17H30N2O2. The van der Waals surface area contributed by atoms with Gasteiger partial charge in [-0.1, -0.05) is 33.1 Å². The molecule has 1 N–H and O–H groups in total. The molecule has 2 rings (SSSR count). The fourth-order valence-corrected chi connectivity index (χ4v) is 3.72. The van der Waals surface area contributed by atoms with Crippen LogP contribution in [0.4, 0.5) is 0 Å². The first-order chi connectivity index (χ1) is 10.2. The molecule has 4 nitrogen and oxygen atoms in total. The summed E-state index contributed by atoms with van der Waals surface area (Å²) in [5.74, 6) is 0.341. The highest BCUT2D eigenvalue weighted by molar-refractivity contribution is 5.89. The Bertz CT molecular complexity index is 360. The van der Waals surface area contributed by atoms with Crippen LogP contribution in [-0.4, -0.2) is 35.3 Å². The maximum absolute atomic E-state index is 12.6. The van der Waals surface area contributed by atoms with Crippen LogP contribution in [0.5, 0.6) is 0 Å². The summed E-state index contributed by atoms with van der Waals surface area (Å²) in [6, 6.07) is 0.108. The van der Waals surface area contributed by atoms with Crippen LogP contribution in [0.3, 0.4) is 0 Å². The van der Waals surface area contributed by atoms with Crippen LogP contribution < -0.4 is 5.32 Å². The van der Waals surface area contributed by atoms with E-state index >= 15 is 0 Å². The minimum absolute atomic E-state index is 0.0769. The standard InChI is InChI=1S/C17H30N2O2/c1-3-13(4-2)17(21)19-12-8-11-15(19)16(20)18-14-9-6-5-7-10-14/h13-15H,3-12H2,1-2H3,(H,18,20)/t15-/m0/s1. The lowest BCUT2D eigenvalue weighted by molar-refractivity contribution is -0.142. The van der Waals surface area contributed by atoms with E-state index in [0.717, 1.165) is 45.1 Å². The maximum Gasteiger partial charge on any atom is 0.243 e. The average molecular weight is 294 g/mol. The van der Waals surface area contributed by atoms with Crippen LogP contribution in [-0.2, 0) is 9.59 Å². The van der Waals surface area contributed by atoms with E-state index in [1.165, 1.54) is 19.3 Å². The lowest BCUT2D eigenvalue weighted by atomic mass is 9.95. The van der Waals surface area contributed by atoms with Crippen molar-refractivity contribution in [2.75, 3.05) is 6.54 Å². The van der Waals surface area contributed by atoms with Gasteiger partial charge in [0.1, 0.15) is 6.04 Å².